The number of rotatable bonds is 3. The zero-order chi connectivity index (χ0) is 13.1. The van der Waals surface area contributed by atoms with Gasteiger partial charge in [-0.25, -0.2) is 9.97 Å². The normalized spacial score (nSPS) is 10.1. The Morgan fingerprint density at radius 1 is 1.22 bits per heavy atom. The van der Waals surface area contributed by atoms with Gasteiger partial charge in [0.1, 0.15) is 4.99 Å². The Bertz CT molecular complexity index is 565. The minimum absolute atomic E-state index is 0.365. The van der Waals surface area contributed by atoms with E-state index < -0.39 is 0 Å². The molecule has 2 N–H and O–H groups in total. The van der Waals surface area contributed by atoms with Crippen LogP contribution in [0.15, 0.2) is 36.7 Å². The second kappa shape index (κ2) is 5.10. The highest BCUT2D eigenvalue weighted by atomic mass is 32.1. The summed E-state index contributed by atoms with van der Waals surface area (Å²) in [6, 6.07) is 7.67. The minimum atomic E-state index is 0.365. The van der Waals surface area contributed by atoms with Crippen molar-refractivity contribution >= 4 is 28.8 Å². The smallest absolute Gasteiger partial charge is 0.229 e. The number of aryl methyl sites for hydroxylation is 1. The van der Waals surface area contributed by atoms with E-state index in [9.17, 15) is 0 Å². The maximum atomic E-state index is 5.72. The molecule has 0 spiro atoms. The molecule has 0 saturated heterocycles. The van der Waals surface area contributed by atoms with Crippen LogP contribution in [0, 0.1) is 6.92 Å². The second-order valence-electron chi connectivity index (χ2n) is 4.00. The molecule has 0 unspecified atom stereocenters. The average molecular weight is 258 g/mol. The van der Waals surface area contributed by atoms with E-state index in [1.165, 1.54) is 0 Å². The number of thiocarbonyl (C=S) groups is 1. The molecular weight excluding hydrogens is 244 g/mol. The molecule has 0 fully saturated rings. The molecule has 0 atom stereocenters. The fourth-order valence-corrected chi connectivity index (χ4v) is 1.81. The molecule has 0 amide bonds. The third kappa shape index (κ3) is 2.46. The average Bonchev–Trinajstić information content (AvgIpc) is 2.39. The number of nitrogens with zero attached hydrogens (tertiary/aromatic N) is 3. The maximum absolute atomic E-state index is 5.72. The van der Waals surface area contributed by atoms with Crippen LogP contribution < -0.4 is 10.6 Å². The molecule has 2 aromatic rings. The molecule has 18 heavy (non-hydrogen) atoms. The van der Waals surface area contributed by atoms with Crippen molar-refractivity contribution in [2.75, 3.05) is 11.9 Å². The van der Waals surface area contributed by atoms with Gasteiger partial charge in [-0.1, -0.05) is 24.4 Å². The first-order valence-electron chi connectivity index (χ1n) is 5.51. The van der Waals surface area contributed by atoms with Gasteiger partial charge in [-0.3, -0.25) is 0 Å². The summed E-state index contributed by atoms with van der Waals surface area (Å²) in [5, 5.41) is 0. The molecule has 0 aliphatic carbocycles. The third-order valence-electron chi connectivity index (χ3n) is 2.60. The van der Waals surface area contributed by atoms with Gasteiger partial charge in [0.05, 0.1) is 5.69 Å². The van der Waals surface area contributed by atoms with Gasteiger partial charge in [0.25, 0.3) is 0 Å². The summed E-state index contributed by atoms with van der Waals surface area (Å²) < 4.78 is 0. The molecule has 0 bridgehead atoms. The predicted molar refractivity (Wildman–Crippen MR) is 77.2 cm³/mol. The summed E-state index contributed by atoms with van der Waals surface area (Å²) in [6.07, 6.45) is 3.56. The SMILES string of the molecule is Cc1cnc(N(C)c2ccccc2C(N)=S)nc1. The Balaban J connectivity index is 2.42. The van der Waals surface area contributed by atoms with Gasteiger partial charge >= 0.3 is 0 Å². The monoisotopic (exact) mass is 258 g/mol. The van der Waals surface area contributed by atoms with Gasteiger partial charge in [0.2, 0.25) is 5.95 Å². The lowest BCUT2D eigenvalue weighted by molar-refractivity contribution is 1.03. The van der Waals surface area contributed by atoms with Crippen molar-refractivity contribution in [3.63, 3.8) is 0 Å². The standard InChI is InChI=1S/C13H14N4S/c1-9-7-15-13(16-8-9)17(2)11-6-4-3-5-10(11)12(14)18/h3-8H,1-2H3,(H2,14,18). The van der Waals surface area contributed by atoms with E-state index in [0.717, 1.165) is 16.8 Å². The Hall–Kier alpha value is -2.01. The van der Waals surface area contributed by atoms with Gasteiger partial charge in [0.15, 0.2) is 0 Å². The zero-order valence-corrected chi connectivity index (χ0v) is 11.1. The van der Waals surface area contributed by atoms with Crippen molar-refractivity contribution in [3.8, 4) is 0 Å². The lowest BCUT2D eigenvalue weighted by Gasteiger charge is -2.19. The van der Waals surface area contributed by atoms with Crippen LogP contribution >= 0.6 is 12.2 Å². The van der Waals surface area contributed by atoms with Crippen LogP contribution in [-0.2, 0) is 0 Å². The van der Waals surface area contributed by atoms with Crippen LogP contribution in [0.1, 0.15) is 11.1 Å². The third-order valence-corrected chi connectivity index (χ3v) is 2.82. The fraction of sp³-hybridized carbons (Fsp3) is 0.154. The molecule has 0 aliphatic heterocycles. The first kappa shape index (κ1) is 12.4. The molecule has 0 radical (unpaired) electrons. The van der Waals surface area contributed by atoms with E-state index in [-0.39, 0.29) is 0 Å². The van der Waals surface area contributed by atoms with Crippen LogP contribution in [0.4, 0.5) is 11.6 Å². The van der Waals surface area contributed by atoms with Crippen LogP contribution in [0.5, 0.6) is 0 Å². The molecule has 4 nitrogen and oxygen atoms in total. The Morgan fingerprint density at radius 3 is 2.44 bits per heavy atom. The number of hydrogen-bond donors (Lipinski definition) is 1. The first-order chi connectivity index (χ1) is 8.59. The summed E-state index contributed by atoms with van der Waals surface area (Å²) in [6.45, 7) is 1.95. The lowest BCUT2D eigenvalue weighted by Crippen LogP contribution is -2.19. The number of para-hydroxylation sites is 1. The molecule has 1 aromatic carbocycles. The van der Waals surface area contributed by atoms with Crippen LogP contribution in [0.25, 0.3) is 0 Å². The van der Waals surface area contributed by atoms with E-state index in [0.29, 0.717) is 10.9 Å². The Kier molecular flexibility index (Phi) is 3.53. The van der Waals surface area contributed by atoms with Crippen molar-refractivity contribution in [2.45, 2.75) is 6.92 Å². The summed E-state index contributed by atoms with van der Waals surface area (Å²) >= 11 is 5.05. The molecule has 2 rings (SSSR count). The molecule has 1 heterocycles. The number of benzene rings is 1. The summed E-state index contributed by atoms with van der Waals surface area (Å²) in [4.78, 5) is 10.8. The maximum Gasteiger partial charge on any atom is 0.229 e. The second-order valence-corrected chi connectivity index (χ2v) is 4.44. The fourth-order valence-electron chi connectivity index (χ4n) is 1.64. The largest absolute Gasteiger partial charge is 0.389 e. The number of nitrogens with two attached hydrogens (primary N) is 1. The van der Waals surface area contributed by atoms with E-state index in [1.54, 1.807) is 12.4 Å². The highest BCUT2D eigenvalue weighted by Gasteiger charge is 2.12. The molecule has 5 heteroatoms. The predicted octanol–water partition coefficient (Wildman–Crippen LogP) is 2.19. The topological polar surface area (TPSA) is 55.0 Å². The van der Waals surface area contributed by atoms with Crippen LogP contribution in [0.3, 0.4) is 0 Å². The molecule has 92 valence electrons. The van der Waals surface area contributed by atoms with Crippen molar-refractivity contribution in [1.29, 1.82) is 0 Å². The number of hydrogen-bond acceptors (Lipinski definition) is 4. The summed E-state index contributed by atoms with van der Waals surface area (Å²) in [7, 11) is 1.89. The van der Waals surface area contributed by atoms with Gasteiger partial charge < -0.3 is 10.6 Å². The zero-order valence-electron chi connectivity index (χ0n) is 10.3. The van der Waals surface area contributed by atoms with Crippen molar-refractivity contribution in [2.24, 2.45) is 5.73 Å². The van der Waals surface area contributed by atoms with Crippen molar-refractivity contribution in [3.05, 3.63) is 47.8 Å². The van der Waals surface area contributed by atoms with Gasteiger partial charge in [-0.15, -0.1) is 0 Å². The van der Waals surface area contributed by atoms with Crippen LogP contribution in [-0.4, -0.2) is 22.0 Å². The van der Waals surface area contributed by atoms with Crippen LogP contribution in [0.2, 0.25) is 0 Å². The Labute approximate surface area is 111 Å². The van der Waals surface area contributed by atoms with Crippen molar-refractivity contribution < 1.29 is 0 Å². The lowest BCUT2D eigenvalue weighted by atomic mass is 10.1. The van der Waals surface area contributed by atoms with Gasteiger partial charge in [0, 0.05) is 25.0 Å². The highest BCUT2D eigenvalue weighted by Crippen LogP contribution is 2.24. The summed E-state index contributed by atoms with van der Waals surface area (Å²) in [5.74, 6) is 0.615. The van der Waals surface area contributed by atoms with Gasteiger partial charge in [-0.2, -0.15) is 0 Å². The van der Waals surface area contributed by atoms with Gasteiger partial charge in [-0.05, 0) is 24.6 Å². The minimum Gasteiger partial charge on any atom is -0.389 e. The number of anilines is 2. The summed E-state index contributed by atoms with van der Waals surface area (Å²) in [5.41, 5.74) is 8.46. The quantitative estimate of drug-likeness (QED) is 0.855. The van der Waals surface area contributed by atoms with E-state index in [1.807, 2.05) is 43.1 Å². The highest BCUT2D eigenvalue weighted by molar-refractivity contribution is 7.80. The van der Waals surface area contributed by atoms with E-state index in [2.05, 4.69) is 9.97 Å². The molecule has 0 saturated carbocycles. The number of aromatic nitrogens is 2. The van der Waals surface area contributed by atoms with Crippen molar-refractivity contribution in [1.82, 2.24) is 9.97 Å². The van der Waals surface area contributed by atoms with E-state index in [4.69, 9.17) is 18.0 Å². The molecule has 0 aliphatic rings. The van der Waals surface area contributed by atoms with E-state index >= 15 is 0 Å². The molecular formula is C13H14N4S. The molecule has 1 aromatic heterocycles. The first-order valence-corrected chi connectivity index (χ1v) is 5.91. The Morgan fingerprint density at radius 2 is 1.83 bits per heavy atom.